The van der Waals surface area contributed by atoms with Gasteiger partial charge in [0.1, 0.15) is 11.5 Å². The smallest absolute Gasteiger partial charge is 0.317 e. The Morgan fingerprint density at radius 3 is 1.81 bits per heavy atom. The summed E-state index contributed by atoms with van der Waals surface area (Å²) < 4.78 is 0. The fourth-order valence-electron chi connectivity index (χ4n) is 5.63. The number of aliphatic carboxylic acids is 3. The lowest BCUT2D eigenvalue weighted by molar-refractivity contribution is -0.141. The van der Waals surface area contributed by atoms with E-state index in [-0.39, 0.29) is 63.7 Å². The Morgan fingerprint density at radius 1 is 0.635 bits per heavy atom. The highest BCUT2D eigenvalue weighted by Crippen LogP contribution is 2.22. The molecule has 0 unspecified atom stereocenters. The number of carbonyl (C=O) groups is 5. The second kappa shape index (κ2) is 19.7. The largest absolute Gasteiger partial charge is 0.480 e. The molecular weight excluding hydrogens is 668 g/mol. The first-order valence-corrected chi connectivity index (χ1v) is 16.8. The summed E-state index contributed by atoms with van der Waals surface area (Å²) in [5, 5.41) is 30.2. The van der Waals surface area contributed by atoms with Crippen LogP contribution in [0.3, 0.4) is 0 Å². The molecule has 0 fully saturated rings. The van der Waals surface area contributed by atoms with Gasteiger partial charge >= 0.3 is 17.9 Å². The first-order chi connectivity index (χ1) is 25.0. The second-order valence-corrected chi connectivity index (χ2v) is 12.4. The number of hydrogen-bond donors (Lipinski definition) is 4. The van der Waals surface area contributed by atoms with Crippen LogP contribution in [-0.2, 0) is 30.4 Å². The van der Waals surface area contributed by atoms with Crippen LogP contribution < -0.4 is 5.73 Å². The number of carboxylic acids is 3. The van der Waals surface area contributed by atoms with Crippen molar-refractivity contribution in [2.24, 2.45) is 5.73 Å². The van der Waals surface area contributed by atoms with Crippen LogP contribution in [0.4, 0.5) is 0 Å². The van der Waals surface area contributed by atoms with Crippen molar-refractivity contribution in [2.45, 2.75) is 19.3 Å². The van der Waals surface area contributed by atoms with Gasteiger partial charge in [0.25, 0.3) is 0 Å². The van der Waals surface area contributed by atoms with Crippen LogP contribution in [0.5, 0.6) is 0 Å². The molecule has 14 nitrogen and oxygen atoms in total. The average molecular weight is 711 g/mol. The van der Waals surface area contributed by atoms with Crippen molar-refractivity contribution in [3.8, 4) is 11.8 Å². The average Bonchev–Trinajstić information content (AvgIpc) is 3.10. The number of nitrogens with two attached hydrogens (primary N) is 1. The van der Waals surface area contributed by atoms with Crippen LogP contribution in [0.1, 0.15) is 29.7 Å². The molecule has 0 spiro atoms. The van der Waals surface area contributed by atoms with Crippen LogP contribution >= 0.6 is 0 Å². The minimum Gasteiger partial charge on any atom is -0.480 e. The van der Waals surface area contributed by atoms with Gasteiger partial charge < -0.3 is 21.1 Å². The van der Waals surface area contributed by atoms with E-state index in [0.29, 0.717) is 18.7 Å². The molecule has 0 amide bonds. The van der Waals surface area contributed by atoms with E-state index in [1.54, 1.807) is 30.5 Å². The van der Waals surface area contributed by atoms with Gasteiger partial charge in [-0.1, -0.05) is 36.3 Å². The molecule has 272 valence electrons. The van der Waals surface area contributed by atoms with Gasteiger partial charge in [-0.25, -0.2) is 4.98 Å². The normalized spacial score (nSPS) is 11.2. The summed E-state index contributed by atoms with van der Waals surface area (Å²) in [6.07, 6.45) is 2.47. The van der Waals surface area contributed by atoms with Crippen LogP contribution in [0, 0.1) is 11.8 Å². The summed E-state index contributed by atoms with van der Waals surface area (Å²) in [6.45, 7) is -0.809. The third-order valence-corrected chi connectivity index (χ3v) is 8.12. The quantitative estimate of drug-likeness (QED) is 0.0718. The Bertz CT molecular complexity index is 1960. The van der Waals surface area contributed by atoms with E-state index >= 15 is 0 Å². The number of nitrogens with zero attached hydrogens (tertiary/aromatic N) is 5. The molecule has 0 aliphatic carbocycles. The summed E-state index contributed by atoms with van der Waals surface area (Å²) in [5.74, 6) is 2.39. The molecule has 5 N–H and O–H groups in total. The van der Waals surface area contributed by atoms with Gasteiger partial charge in [-0.05, 0) is 54.8 Å². The Balaban J connectivity index is 1.34. The molecule has 4 rings (SSSR count). The summed E-state index contributed by atoms with van der Waals surface area (Å²) in [5.41, 5.74) is 9.07. The molecule has 0 aliphatic rings. The van der Waals surface area contributed by atoms with Gasteiger partial charge in [0.05, 0.1) is 43.8 Å². The third-order valence-electron chi connectivity index (χ3n) is 8.12. The maximum absolute atomic E-state index is 13.0. The van der Waals surface area contributed by atoms with Gasteiger partial charge in [-0.15, -0.1) is 0 Å². The van der Waals surface area contributed by atoms with Gasteiger partial charge in [0.2, 0.25) is 0 Å². The highest BCUT2D eigenvalue weighted by Gasteiger charge is 2.20. The van der Waals surface area contributed by atoms with Crippen molar-refractivity contribution in [3.05, 3.63) is 83.7 Å². The number of fused-ring (bicyclic) bond motifs is 3. The third kappa shape index (κ3) is 12.9. The van der Waals surface area contributed by atoms with Crippen molar-refractivity contribution in [3.63, 3.8) is 0 Å². The monoisotopic (exact) mass is 710 g/mol. The zero-order valence-corrected chi connectivity index (χ0v) is 28.7. The zero-order valence-electron chi connectivity index (χ0n) is 28.7. The highest BCUT2D eigenvalue weighted by atomic mass is 16.4. The Labute approximate surface area is 300 Å². The first kappa shape index (κ1) is 39.2. The van der Waals surface area contributed by atoms with Crippen molar-refractivity contribution >= 4 is 51.3 Å². The van der Waals surface area contributed by atoms with Gasteiger partial charge in [0, 0.05) is 61.6 Å². The molecule has 0 aliphatic heterocycles. The van der Waals surface area contributed by atoms with Crippen molar-refractivity contribution in [1.82, 2.24) is 24.7 Å². The summed E-state index contributed by atoms with van der Waals surface area (Å²) in [7, 11) is 0. The summed E-state index contributed by atoms with van der Waals surface area (Å²) in [4.78, 5) is 73.4. The van der Waals surface area contributed by atoms with E-state index in [2.05, 4.69) is 16.8 Å². The molecule has 4 aromatic rings. The predicted molar refractivity (Wildman–Crippen MR) is 194 cm³/mol. The number of carbonyl (C=O) groups excluding carboxylic acids is 2. The Hall–Kier alpha value is -5.59. The minimum atomic E-state index is -1.14. The number of aromatic nitrogens is 2. The van der Waals surface area contributed by atoms with Crippen molar-refractivity contribution in [1.29, 1.82) is 0 Å². The van der Waals surface area contributed by atoms with Crippen molar-refractivity contribution in [2.75, 3.05) is 65.4 Å². The van der Waals surface area contributed by atoms with E-state index < -0.39 is 37.5 Å². The lowest BCUT2D eigenvalue weighted by atomic mass is 10.1. The van der Waals surface area contributed by atoms with E-state index in [0.717, 1.165) is 32.9 Å². The van der Waals surface area contributed by atoms with Crippen LogP contribution in [0.2, 0.25) is 0 Å². The van der Waals surface area contributed by atoms with Crippen LogP contribution in [0.25, 0.3) is 21.8 Å². The maximum Gasteiger partial charge on any atom is 0.317 e. The van der Waals surface area contributed by atoms with Gasteiger partial charge in [-0.3, -0.25) is 43.7 Å². The topological polar surface area (TPSA) is 208 Å². The lowest BCUT2D eigenvalue weighted by Gasteiger charge is -2.28. The molecule has 14 heteroatoms. The van der Waals surface area contributed by atoms with Gasteiger partial charge in [0.15, 0.2) is 5.78 Å². The molecule has 0 saturated heterocycles. The van der Waals surface area contributed by atoms with E-state index in [1.807, 2.05) is 36.4 Å². The second-order valence-electron chi connectivity index (χ2n) is 12.4. The molecule has 0 saturated carbocycles. The molecule has 0 atom stereocenters. The van der Waals surface area contributed by atoms with E-state index in [1.165, 1.54) is 14.7 Å². The molecule has 52 heavy (non-hydrogen) atoms. The van der Waals surface area contributed by atoms with Gasteiger partial charge in [-0.2, -0.15) is 0 Å². The maximum atomic E-state index is 13.0. The number of carboxylic acid groups (broad SMARTS) is 3. The van der Waals surface area contributed by atoms with Crippen LogP contribution in [-0.4, -0.2) is 135 Å². The molecular formula is C38H42N6O8. The number of rotatable bonds is 21. The molecule has 2 aromatic heterocycles. The fraction of sp³-hybridized carbons (Fsp3) is 0.342. The molecule has 0 bridgehead atoms. The Morgan fingerprint density at radius 2 is 1.19 bits per heavy atom. The molecule has 2 heterocycles. The Kier molecular flexibility index (Phi) is 14.9. The fourth-order valence-corrected chi connectivity index (χ4v) is 5.63. The highest BCUT2D eigenvalue weighted by molar-refractivity contribution is 6.02. The first-order valence-electron chi connectivity index (χ1n) is 16.8. The lowest BCUT2D eigenvalue weighted by Crippen LogP contribution is -2.45. The number of pyridine rings is 2. The summed E-state index contributed by atoms with van der Waals surface area (Å²) in [6, 6.07) is 18.8. The number of ketones is 2. The van der Waals surface area contributed by atoms with Crippen molar-refractivity contribution < 1.29 is 39.3 Å². The van der Waals surface area contributed by atoms with E-state index in [4.69, 9.17) is 10.7 Å². The number of hydrogen-bond acceptors (Lipinski definition) is 11. The molecule has 2 aromatic carbocycles. The van der Waals surface area contributed by atoms with E-state index in [9.17, 15) is 39.3 Å². The molecule has 0 radical (unpaired) electrons. The standard InChI is InChI=1S/C38H42N6O8/c39-15-1-4-32(45)22-43(25-35(49)50)19-17-42(24-34(47)48)18-20-44(26-36(51)52)23-33(46)21-28-7-5-27(6-8-28)9-13-31-14-12-30-11-10-29-3-2-16-40-37(29)38(30)41-31/h2-3,5-8,10-12,14,16H,1,4,15,17-26,39H2,(H,47,48)(H,49,50)(H,51,52). The SMILES string of the molecule is NCCCC(=O)CN(CCN(CCN(CC(=O)O)CC(=O)Cc1ccc(C#Cc2ccc3ccc4cccnc4c3n2)cc1)CC(=O)O)CC(=O)O. The summed E-state index contributed by atoms with van der Waals surface area (Å²) >= 11 is 0. The number of benzene rings is 2. The zero-order chi connectivity index (χ0) is 37.5. The minimum absolute atomic E-state index is 0.0529. The predicted octanol–water partition coefficient (Wildman–Crippen LogP) is 1.76. The number of Topliss-reactive ketones (excluding diaryl/α,β-unsaturated/α-hetero) is 2. The van der Waals surface area contributed by atoms with Crippen LogP contribution in [0.15, 0.2) is 66.9 Å².